The van der Waals surface area contributed by atoms with E-state index in [1.807, 2.05) is 13.8 Å². The highest BCUT2D eigenvalue weighted by molar-refractivity contribution is 7.19. The van der Waals surface area contributed by atoms with Crippen molar-refractivity contribution >= 4 is 62.7 Å². The zero-order valence-electron chi connectivity index (χ0n) is 19.4. The van der Waals surface area contributed by atoms with Crippen LogP contribution in [-0.4, -0.2) is 27.8 Å². The van der Waals surface area contributed by atoms with Crippen LogP contribution < -0.4 is 20.9 Å². The van der Waals surface area contributed by atoms with E-state index in [-0.39, 0.29) is 15.5 Å². The lowest BCUT2D eigenvalue weighted by atomic mass is 10.2. The summed E-state index contributed by atoms with van der Waals surface area (Å²) < 4.78 is 6.59. The highest BCUT2D eigenvalue weighted by atomic mass is 35.5. The number of hydrogen-bond acceptors (Lipinski definition) is 6. The lowest BCUT2D eigenvalue weighted by molar-refractivity contribution is 0.0989. The van der Waals surface area contributed by atoms with Crippen LogP contribution in [0.1, 0.15) is 46.1 Å². The van der Waals surface area contributed by atoms with Gasteiger partial charge in [0.2, 0.25) is 0 Å². The van der Waals surface area contributed by atoms with Crippen molar-refractivity contribution in [2.75, 3.05) is 17.2 Å². The van der Waals surface area contributed by atoms with E-state index in [1.54, 1.807) is 24.3 Å². The Bertz CT molecular complexity index is 1480. The Labute approximate surface area is 220 Å². The van der Waals surface area contributed by atoms with Gasteiger partial charge in [-0.3, -0.25) is 14.4 Å². The van der Waals surface area contributed by atoms with Crippen molar-refractivity contribution in [1.29, 1.82) is 0 Å². The van der Waals surface area contributed by atoms with Crippen molar-refractivity contribution in [3.05, 3.63) is 85.2 Å². The number of fused-ring (bicyclic) bond motifs is 1. The van der Waals surface area contributed by atoms with Crippen molar-refractivity contribution in [1.82, 2.24) is 9.38 Å². The molecule has 0 radical (unpaired) electrons. The first-order chi connectivity index (χ1) is 17.3. The van der Waals surface area contributed by atoms with E-state index in [9.17, 15) is 14.4 Å². The van der Waals surface area contributed by atoms with Gasteiger partial charge in [-0.1, -0.05) is 47.9 Å². The van der Waals surface area contributed by atoms with Crippen molar-refractivity contribution in [3.8, 4) is 5.75 Å². The molecule has 0 aliphatic carbocycles. The number of nitrogens with zero attached hydrogens (tertiary/aromatic N) is 2. The molecule has 0 saturated carbocycles. The molecule has 8 nitrogen and oxygen atoms in total. The number of nitrogens with one attached hydrogen (secondary N) is 2. The normalized spacial score (nSPS) is 10.9. The topological polar surface area (TPSA) is 102 Å². The Morgan fingerprint density at radius 1 is 0.972 bits per heavy atom. The van der Waals surface area contributed by atoms with E-state index < -0.39 is 17.4 Å². The van der Waals surface area contributed by atoms with Gasteiger partial charge in [-0.25, -0.2) is 9.38 Å². The summed E-state index contributed by atoms with van der Waals surface area (Å²) >= 11 is 13.1. The third-order valence-electron chi connectivity index (χ3n) is 5.04. The molecule has 0 spiro atoms. The number of aromatic nitrogens is 2. The Morgan fingerprint density at radius 2 is 1.64 bits per heavy atom. The molecule has 2 N–H and O–H groups in total. The number of halogens is 2. The predicted octanol–water partition coefficient (Wildman–Crippen LogP) is 5.92. The summed E-state index contributed by atoms with van der Waals surface area (Å²) in [6.07, 6.45) is 1.39. The minimum atomic E-state index is -0.633. The molecule has 0 aliphatic heterocycles. The summed E-state index contributed by atoms with van der Waals surface area (Å²) in [5, 5.41) is 6.13. The first-order valence-electron chi connectivity index (χ1n) is 11.2. The average Bonchev–Trinajstić information content (AvgIpc) is 3.20. The Kier molecular flexibility index (Phi) is 7.93. The highest BCUT2D eigenvalue weighted by Crippen LogP contribution is 2.27. The smallest absolute Gasteiger partial charge is 0.274 e. The molecule has 0 bridgehead atoms. The number of thiazole rings is 1. The standard InChI is InChI=1S/C25H22Cl2N4O4S/c1-3-5-17-13-20(32)31-21(23(33)28-16-6-8-19(9-7-16)35-4-2)22(36-25(31)30-17)24(34)29-18-11-14(26)10-15(27)12-18/h6-13H,3-5H2,1-2H3,(H,28,33)(H,29,34). The largest absolute Gasteiger partial charge is 0.494 e. The van der Waals surface area contributed by atoms with E-state index in [1.165, 1.54) is 24.3 Å². The summed E-state index contributed by atoms with van der Waals surface area (Å²) in [5.41, 5.74) is 0.853. The zero-order valence-corrected chi connectivity index (χ0v) is 21.8. The van der Waals surface area contributed by atoms with Gasteiger partial charge in [0.1, 0.15) is 16.3 Å². The first kappa shape index (κ1) is 25.7. The quantitative estimate of drug-likeness (QED) is 0.286. The fourth-order valence-electron chi connectivity index (χ4n) is 3.57. The zero-order chi connectivity index (χ0) is 25.8. The third-order valence-corrected chi connectivity index (χ3v) is 6.52. The number of anilines is 2. The van der Waals surface area contributed by atoms with Crippen LogP contribution in [0.15, 0.2) is 53.3 Å². The predicted molar refractivity (Wildman–Crippen MR) is 143 cm³/mol. The van der Waals surface area contributed by atoms with Crippen LogP contribution in [0.25, 0.3) is 4.96 Å². The van der Waals surface area contributed by atoms with Gasteiger partial charge >= 0.3 is 0 Å². The second-order valence-electron chi connectivity index (χ2n) is 7.76. The molecule has 2 heterocycles. The van der Waals surface area contributed by atoms with Gasteiger partial charge in [0.15, 0.2) is 4.96 Å². The minimum Gasteiger partial charge on any atom is -0.494 e. The van der Waals surface area contributed by atoms with Gasteiger partial charge in [-0.15, -0.1) is 0 Å². The van der Waals surface area contributed by atoms with Gasteiger partial charge in [-0.2, -0.15) is 0 Å². The van der Waals surface area contributed by atoms with Crippen LogP contribution in [0.3, 0.4) is 0 Å². The number of benzene rings is 2. The van der Waals surface area contributed by atoms with Crippen molar-refractivity contribution in [2.24, 2.45) is 0 Å². The lowest BCUT2D eigenvalue weighted by Crippen LogP contribution is -2.25. The fraction of sp³-hybridized carbons (Fsp3) is 0.200. The fourth-order valence-corrected chi connectivity index (χ4v) is 5.14. The molecule has 36 heavy (non-hydrogen) atoms. The van der Waals surface area contributed by atoms with Crippen LogP contribution in [0.5, 0.6) is 5.75 Å². The number of aryl methyl sites for hydroxylation is 1. The first-order valence-corrected chi connectivity index (χ1v) is 12.7. The maximum absolute atomic E-state index is 13.4. The van der Waals surface area contributed by atoms with Crippen LogP contribution >= 0.6 is 34.5 Å². The molecule has 11 heteroatoms. The summed E-state index contributed by atoms with van der Waals surface area (Å²) in [6.45, 7) is 4.36. The molecular formula is C25H22Cl2N4O4S. The summed E-state index contributed by atoms with van der Waals surface area (Å²) in [5.74, 6) is -0.579. The average molecular weight is 545 g/mol. The number of ether oxygens (including phenoxy) is 1. The van der Waals surface area contributed by atoms with Crippen LogP contribution in [0, 0.1) is 0 Å². The molecule has 0 atom stereocenters. The van der Waals surface area contributed by atoms with Gasteiger partial charge in [0.05, 0.1) is 6.61 Å². The third kappa shape index (κ3) is 5.70. The molecular weight excluding hydrogens is 523 g/mol. The van der Waals surface area contributed by atoms with E-state index >= 15 is 0 Å². The number of carbonyl (C=O) groups excluding carboxylic acids is 2. The van der Waals surface area contributed by atoms with Crippen molar-refractivity contribution in [2.45, 2.75) is 26.7 Å². The van der Waals surface area contributed by atoms with Gasteiger partial charge in [-0.05, 0) is 55.8 Å². The molecule has 0 aliphatic rings. The molecule has 0 fully saturated rings. The second kappa shape index (κ2) is 11.1. The molecule has 4 rings (SSSR count). The number of carbonyl (C=O) groups is 2. The molecule has 2 aromatic carbocycles. The lowest BCUT2D eigenvalue weighted by Gasteiger charge is -2.09. The SMILES string of the molecule is CCCc1cc(=O)n2c(C(=O)Nc3ccc(OCC)cc3)c(C(=O)Nc3cc(Cl)cc(Cl)c3)sc2n1. The van der Waals surface area contributed by atoms with Gasteiger partial charge in [0.25, 0.3) is 17.4 Å². The van der Waals surface area contributed by atoms with Crippen molar-refractivity contribution < 1.29 is 14.3 Å². The molecule has 2 amide bonds. The molecule has 2 aromatic heterocycles. The molecule has 4 aromatic rings. The molecule has 0 unspecified atom stereocenters. The maximum atomic E-state index is 13.4. The number of rotatable bonds is 8. The maximum Gasteiger partial charge on any atom is 0.274 e. The second-order valence-corrected chi connectivity index (χ2v) is 9.61. The Morgan fingerprint density at radius 3 is 2.28 bits per heavy atom. The monoisotopic (exact) mass is 544 g/mol. The van der Waals surface area contributed by atoms with E-state index in [0.29, 0.717) is 45.9 Å². The van der Waals surface area contributed by atoms with Crippen LogP contribution in [-0.2, 0) is 6.42 Å². The summed E-state index contributed by atoms with van der Waals surface area (Å²) in [7, 11) is 0. The van der Waals surface area contributed by atoms with Crippen molar-refractivity contribution in [3.63, 3.8) is 0 Å². The number of hydrogen-bond donors (Lipinski definition) is 2. The minimum absolute atomic E-state index is 0.0211. The number of amides is 2. The van der Waals surface area contributed by atoms with E-state index in [4.69, 9.17) is 27.9 Å². The van der Waals surface area contributed by atoms with Gasteiger partial charge < -0.3 is 15.4 Å². The van der Waals surface area contributed by atoms with E-state index in [0.717, 1.165) is 22.2 Å². The van der Waals surface area contributed by atoms with Crippen LogP contribution in [0.2, 0.25) is 10.0 Å². The highest BCUT2D eigenvalue weighted by Gasteiger charge is 2.26. The van der Waals surface area contributed by atoms with Gasteiger partial charge in [0, 0.05) is 33.2 Å². The Hall–Kier alpha value is -3.40. The molecule has 0 saturated heterocycles. The summed E-state index contributed by atoms with van der Waals surface area (Å²) in [4.78, 5) is 44.5. The summed E-state index contributed by atoms with van der Waals surface area (Å²) in [6, 6.07) is 12.8. The molecule has 186 valence electrons. The van der Waals surface area contributed by atoms with Crippen LogP contribution in [0.4, 0.5) is 11.4 Å². The van der Waals surface area contributed by atoms with E-state index in [2.05, 4.69) is 15.6 Å². The Balaban J connectivity index is 1.76.